The van der Waals surface area contributed by atoms with Crippen LogP contribution in [0.5, 0.6) is 0 Å². The maximum atomic E-state index is 13.3. The smallest absolute Gasteiger partial charge is 0.273 e. The fourth-order valence-electron chi connectivity index (χ4n) is 3.76. The lowest BCUT2D eigenvalue weighted by Gasteiger charge is -2.24. The van der Waals surface area contributed by atoms with E-state index in [1.54, 1.807) is 16.9 Å². The van der Waals surface area contributed by atoms with E-state index in [0.717, 1.165) is 31.5 Å². The number of halogens is 1. The minimum absolute atomic E-state index is 0.234. The molecule has 0 spiro atoms. The Morgan fingerprint density at radius 1 is 1.10 bits per heavy atom. The number of amides is 1. The van der Waals surface area contributed by atoms with Crippen molar-refractivity contribution < 1.29 is 9.18 Å². The van der Waals surface area contributed by atoms with Gasteiger partial charge in [-0.25, -0.2) is 9.07 Å². The van der Waals surface area contributed by atoms with Crippen LogP contribution in [0.3, 0.4) is 0 Å². The third-order valence-corrected chi connectivity index (χ3v) is 5.23. The van der Waals surface area contributed by atoms with E-state index >= 15 is 0 Å². The van der Waals surface area contributed by atoms with Gasteiger partial charge in [-0.15, -0.1) is 5.10 Å². The van der Waals surface area contributed by atoms with Crippen molar-refractivity contribution in [1.29, 1.82) is 0 Å². The highest BCUT2D eigenvalue weighted by Crippen LogP contribution is 2.19. The molecule has 2 heterocycles. The molecule has 29 heavy (non-hydrogen) atoms. The molecule has 0 saturated carbocycles. The van der Waals surface area contributed by atoms with Gasteiger partial charge in [0.05, 0.1) is 12.7 Å². The number of rotatable bonds is 7. The number of hydrogen-bond acceptors (Lipinski definition) is 4. The third-order valence-electron chi connectivity index (χ3n) is 5.23. The van der Waals surface area contributed by atoms with Gasteiger partial charge in [0.25, 0.3) is 5.91 Å². The van der Waals surface area contributed by atoms with Gasteiger partial charge in [0.1, 0.15) is 5.82 Å². The first-order valence-corrected chi connectivity index (χ1v) is 9.88. The van der Waals surface area contributed by atoms with Crippen molar-refractivity contribution in [1.82, 2.24) is 25.2 Å². The summed E-state index contributed by atoms with van der Waals surface area (Å²) < 4.78 is 14.9. The molecule has 7 heteroatoms. The molecular formula is C22H24FN5O. The lowest BCUT2D eigenvalue weighted by Crippen LogP contribution is -2.39. The van der Waals surface area contributed by atoms with Crippen molar-refractivity contribution in [3.63, 3.8) is 0 Å². The molecule has 4 rings (SSSR count). The van der Waals surface area contributed by atoms with Crippen LogP contribution in [0.2, 0.25) is 0 Å². The van der Waals surface area contributed by atoms with Gasteiger partial charge in [-0.1, -0.05) is 47.7 Å². The second kappa shape index (κ2) is 8.96. The molecule has 3 aromatic rings. The van der Waals surface area contributed by atoms with Crippen LogP contribution >= 0.6 is 0 Å². The number of benzene rings is 2. The number of hydrogen-bond donors (Lipinski definition) is 1. The Hall–Kier alpha value is -3.06. The lowest BCUT2D eigenvalue weighted by atomic mass is 10.2. The lowest BCUT2D eigenvalue weighted by molar-refractivity contribution is 0.0934. The molecule has 0 aliphatic carbocycles. The van der Waals surface area contributed by atoms with Crippen molar-refractivity contribution in [2.75, 3.05) is 13.1 Å². The number of carbonyl (C=O) groups is 1. The average molecular weight is 393 g/mol. The molecule has 6 nitrogen and oxygen atoms in total. The van der Waals surface area contributed by atoms with Crippen molar-refractivity contribution in [3.05, 3.63) is 83.4 Å². The van der Waals surface area contributed by atoms with Crippen LogP contribution in [-0.4, -0.2) is 44.9 Å². The summed E-state index contributed by atoms with van der Waals surface area (Å²) in [5.74, 6) is -0.528. The minimum Gasteiger partial charge on any atom is -0.349 e. The van der Waals surface area contributed by atoms with Gasteiger partial charge in [-0.3, -0.25) is 9.69 Å². The molecule has 1 aromatic heterocycles. The first kappa shape index (κ1) is 19.3. The molecule has 0 bridgehead atoms. The molecule has 1 amide bonds. The van der Waals surface area contributed by atoms with Crippen molar-refractivity contribution in [2.45, 2.75) is 32.0 Å². The molecule has 1 N–H and O–H groups in total. The van der Waals surface area contributed by atoms with E-state index in [-0.39, 0.29) is 17.4 Å². The molecule has 1 aliphatic rings. The zero-order valence-electron chi connectivity index (χ0n) is 16.2. The quantitative estimate of drug-likeness (QED) is 0.671. The molecule has 1 unspecified atom stereocenters. The summed E-state index contributed by atoms with van der Waals surface area (Å²) in [7, 11) is 0. The summed E-state index contributed by atoms with van der Waals surface area (Å²) in [6.45, 7) is 2.89. The molecule has 1 aliphatic heterocycles. The van der Waals surface area contributed by atoms with Crippen molar-refractivity contribution in [2.24, 2.45) is 0 Å². The van der Waals surface area contributed by atoms with Crippen LogP contribution in [0, 0.1) is 5.82 Å². The second-order valence-electron chi connectivity index (χ2n) is 7.39. The van der Waals surface area contributed by atoms with Crippen LogP contribution in [0.15, 0.2) is 60.8 Å². The van der Waals surface area contributed by atoms with Gasteiger partial charge in [-0.05, 0) is 42.6 Å². The summed E-state index contributed by atoms with van der Waals surface area (Å²) in [5, 5.41) is 10.9. The van der Waals surface area contributed by atoms with Crippen LogP contribution in [-0.2, 0) is 13.1 Å². The molecule has 1 atom stereocenters. The summed E-state index contributed by atoms with van der Waals surface area (Å²) >= 11 is 0. The SMILES string of the molecule is O=C(NCC1CCCN1Cc1ccccc1)c1cn(Cc2cccc(F)c2)nn1. The Balaban J connectivity index is 1.31. The first-order valence-electron chi connectivity index (χ1n) is 9.88. The van der Waals surface area contributed by atoms with Gasteiger partial charge in [0.2, 0.25) is 0 Å². The monoisotopic (exact) mass is 393 g/mol. The van der Waals surface area contributed by atoms with Crippen LogP contribution in [0.1, 0.15) is 34.5 Å². The molecule has 1 fully saturated rings. The van der Waals surface area contributed by atoms with E-state index < -0.39 is 0 Å². The highest BCUT2D eigenvalue weighted by atomic mass is 19.1. The second-order valence-corrected chi connectivity index (χ2v) is 7.39. The summed E-state index contributed by atoms with van der Waals surface area (Å²) in [6.07, 6.45) is 3.80. The normalized spacial score (nSPS) is 16.8. The van der Waals surface area contributed by atoms with E-state index in [0.29, 0.717) is 19.1 Å². The predicted octanol–water partition coefficient (Wildman–Crippen LogP) is 2.86. The maximum Gasteiger partial charge on any atom is 0.273 e. The molecule has 150 valence electrons. The fraction of sp³-hybridized carbons (Fsp3) is 0.318. The number of aromatic nitrogens is 3. The first-order chi connectivity index (χ1) is 14.2. The largest absolute Gasteiger partial charge is 0.349 e. The van der Waals surface area contributed by atoms with E-state index in [2.05, 4.69) is 44.8 Å². The average Bonchev–Trinajstić information content (AvgIpc) is 3.37. The fourth-order valence-corrected chi connectivity index (χ4v) is 3.76. The Bertz CT molecular complexity index is 959. The van der Waals surface area contributed by atoms with E-state index in [1.165, 1.54) is 17.7 Å². The predicted molar refractivity (Wildman–Crippen MR) is 108 cm³/mol. The molecule has 2 aromatic carbocycles. The standard InChI is InChI=1S/C22H24FN5O/c23-19-9-4-8-18(12-19)15-28-16-21(25-26-28)22(29)24-13-20-10-5-11-27(20)14-17-6-2-1-3-7-17/h1-4,6-9,12,16,20H,5,10-11,13-15H2,(H,24,29). The number of nitrogens with one attached hydrogen (secondary N) is 1. The molecular weight excluding hydrogens is 369 g/mol. The van der Waals surface area contributed by atoms with E-state index in [9.17, 15) is 9.18 Å². The highest BCUT2D eigenvalue weighted by Gasteiger charge is 2.25. The number of carbonyl (C=O) groups excluding carboxylic acids is 1. The summed E-state index contributed by atoms with van der Waals surface area (Å²) in [5.41, 5.74) is 2.32. The van der Waals surface area contributed by atoms with Gasteiger partial charge in [0.15, 0.2) is 5.69 Å². The van der Waals surface area contributed by atoms with E-state index in [1.807, 2.05) is 12.1 Å². The molecule has 1 saturated heterocycles. The Morgan fingerprint density at radius 2 is 1.93 bits per heavy atom. The zero-order valence-corrected chi connectivity index (χ0v) is 16.2. The van der Waals surface area contributed by atoms with Crippen LogP contribution in [0.25, 0.3) is 0 Å². The Morgan fingerprint density at radius 3 is 2.76 bits per heavy atom. The molecule has 0 radical (unpaired) electrons. The minimum atomic E-state index is -0.294. The van der Waals surface area contributed by atoms with Crippen molar-refractivity contribution >= 4 is 5.91 Å². The van der Waals surface area contributed by atoms with Gasteiger partial charge in [-0.2, -0.15) is 0 Å². The Kier molecular flexibility index (Phi) is 5.95. The van der Waals surface area contributed by atoms with Crippen LogP contribution in [0.4, 0.5) is 4.39 Å². The summed E-state index contributed by atoms with van der Waals surface area (Å²) in [6, 6.07) is 17.0. The van der Waals surface area contributed by atoms with E-state index in [4.69, 9.17) is 0 Å². The number of nitrogens with zero attached hydrogens (tertiary/aromatic N) is 4. The maximum absolute atomic E-state index is 13.3. The zero-order chi connectivity index (χ0) is 20.1. The number of likely N-dealkylation sites (tertiary alicyclic amines) is 1. The van der Waals surface area contributed by atoms with Gasteiger partial charge in [0, 0.05) is 19.1 Å². The van der Waals surface area contributed by atoms with Crippen molar-refractivity contribution in [3.8, 4) is 0 Å². The topological polar surface area (TPSA) is 63.1 Å². The third kappa shape index (κ3) is 5.06. The Labute approximate surface area is 169 Å². The van der Waals surface area contributed by atoms with Crippen LogP contribution < -0.4 is 5.32 Å². The summed E-state index contributed by atoms with van der Waals surface area (Å²) in [4.78, 5) is 14.9. The van der Waals surface area contributed by atoms with Gasteiger partial charge >= 0.3 is 0 Å². The highest BCUT2D eigenvalue weighted by molar-refractivity contribution is 5.91. The van der Waals surface area contributed by atoms with Gasteiger partial charge < -0.3 is 5.32 Å².